The van der Waals surface area contributed by atoms with Gasteiger partial charge in [-0.3, -0.25) is 0 Å². The van der Waals surface area contributed by atoms with Gasteiger partial charge in [-0.2, -0.15) is 13.2 Å². The number of halogens is 7. The largest absolute Gasteiger partial charge is 0.416 e. The zero-order valence-corrected chi connectivity index (χ0v) is 9.50. The van der Waals surface area contributed by atoms with E-state index >= 15 is 0 Å². The van der Waals surface area contributed by atoms with E-state index in [4.69, 9.17) is 17.3 Å². The highest BCUT2D eigenvalue weighted by atomic mass is 35.5. The Morgan fingerprint density at radius 1 is 1.22 bits per heavy atom. The molecule has 18 heavy (non-hydrogen) atoms. The van der Waals surface area contributed by atoms with Gasteiger partial charge in [-0.1, -0.05) is 11.6 Å². The number of hydrogen-bond donors (Lipinski definition) is 1. The summed E-state index contributed by atoms with van der Waals surface area (Å²) in [5.74, 6) is -1.21. The van der Waals surface area contributed by atoms with Crippen LogP contribution >= 0.6 is 11.6 Å². The van der Waals surface area contributed by atoms with E-state index < -0.39 is 47.0 Å². The fourth-order valence-corrected chi connectivity index (χ4v) is 1.59. The van der Waals surface area contributed by atoms with Crippen LogP contribution in [0.2, 0.25) is 5.02 Å². The molecule has 0 bridgehead atoms. The van der Waals surface area contributed by atoms with Crippen LogP contribution < -0.4 is 5.73 Å². The molecule has 0 aromatic heterocycles. The number of alkyl halides is 5. The van der Waals surface area contributed by atoms with Gasteiger partial charge in [-0.25, -0.2) is 13.2 Å². The minimum absolute atomic E-state index is 0.384. The zero-order valence-electron chi connectivity index (χ0n) is 8.74. The molecule has 0 aliphatic rings. The van der Waals surface area contributed by atoms with E-state index in [1.165, 1.54) is 0 Å². The summed E-state index contributed by atoms with van der Waals surface area (Å²) in [5.41, 5.74) is 3.33. The Bertz CT molecular complexity index is 431. The smallest absolute Gasteiger partial charge is 0.324 e. The summed E-state index contributed by atoms with van der Waals surface area (Å²) in [6.07, 6.45) is -8.56. The van der Waals surface area contributed by atoms with E-state index in [0.717, 1.165) is 0 Å². The zero-order chi connectivity index (χ0) is 14.1. The predicted octanol–water partition coefficient (Wildman–Crippen LogP) is 4.15. The van der Waals surface area contributed by atoms with Gasteiger partial charge >= 0.3 is 6.18 Å². The Labute approximate surface area is 104 Å². The summed E-state index contributed by atoms with van der Waals surface area (Å²) >= 11 is 5.29. The van der Waals surface area contributed by atoms with Gasteiger partial charge in [0.25, 0.3) is 0 Å². The van der Waals surface area contributed by atoms with Crippen LogP contribution in [0.15, 0.2) is 12.1 Å². The fraction of sp³-hybridized carbons (Fsp3) is 0.400. The van der Waals surface area contributed by atoms with Crippen LogP contribution in [0.1, 0.15) is 23.6 Å². The molecule has 0 fully saturated rings. The van der Waals surface area contributed by atoms with E-state index in [9.17, 15) is 26.3 Å². The van der Waals surface area contributed by atoms with Crippen LogP contribution in [0.3, 0.4) is 0 Å². The van der Waals surface area contributed by atoms with Crippen LogP contribution in [0, 0.1) is 5.82 Å². The Morgan fingerprint density at radius 3 is 2.22 bits per heavy atom. The number of benzene rings is 1. The molecule has 1 rings (SSSR count). The number of rotatable bonds is 3. The molecule has 0 aliphatic carbocycles. The molecule has 102 valence electrons. The SMILES string of the molecule is N[C@@H](CC(F)F)c1cc(C(F)(F)F)cc(Cl)c1F. The Kier molecular flexibility index (Phi) is 4.50. The molecule has 1 aromatic rings. The third kappa shape index (κ3) is 3.52. The van der Waals surface area contributed by atoms with E-state index in [2.05, 4.69) is 0 Å². The highest BCUT2D eigenvalue weighted by molar-refractivity contribution is 6.30. The predicted molar refractivity (Wildman–Crippen MR) is 54.0 cm³/mol. The summed E-state index contributed by atoms with van der Waals surface area (Å²) in [4.78, 5) is 0. The summed E-state index contributed by atoms with van der Waals surface area (Å²) in [6.45, 7) is 0. The maximum absolute atomic E-state index is 13.4. The first-order valence-electron chi connectivity index (χ1n) is 4.72. The third-order valence-corrected chi connectivity index (χ3v) is 2.49. The van der Waals surface area contributed by atoms with E-state index in [-0.39, 0.29) is 0 Å². The lowest BCUT2D eigenvalue weighted by Gasteiger charge is -2.16. The average Bonchev–Trinajstić information content (AvgIpc) is 2.18. The maximum atomic E-state index is 13.4. The van der Waals surface area contributed by atoms with Crippen molar-refractivity contribution in [3.8, 4) is 0 Å². The first-order valence-corrected chi connectivity index (χ1v) is 5.10. The Morgan fingerprint density at radius 2 is 1.78 bits per heavy atom. The fourth-order valence-electron chi connectivity index (χ4n) is 1.36. The Hall–Kier alpha value is -0.950. The van der Waals surface area contributed by atoms with Gasteiger partial charge in [-0.15, -0.1) is 0 Å². The van der Waals surface area contributed by atoms with Gasteiger partial charge in [0.1, 0.15) is 5.82 Å². The highest BCUT2D eigenvalue weighted by Crippen LogP contribution is 2.35. The number of nitrogens with two attached hydrogens (primary N) is 1. The monoisotopic (exact) mass is 291 g/mol. The van der Waals surface area contributed by atoms with Gasteiger partial charge < -0.3 is 5.73 Å². The summed E-state index contributed by atoms with van der Waals surface area (Å²) < 4.78 is 74.9. The van der Waals surface area contributed by atoms with Gasteiger partial charge in [-0.05, 0) is 12.1 Å². The normalized spacial score (nSPS) is 14.1. The van der Waals surface area contributed by atoms with Gasteiger partial charge in [0.15, 0.2) is 0 Å². The maximum Gasteiger partial charge on any atom is 0.416 e. The molecular formula is C10H8ClF6N. The lowest BCUT2D eigenvalue weighted by molar-refractivity contribution is -0.137. The summed E-state index contributed by atoms with van der Waals surface area (Å²) in [7, 11) is 0. The van der Waals surface area contributed by atoms with Crippen molar-refractivity contribution >= 4 is 11.6 Å². The van der Waals surface area contributed by atoms with Crippen LogP contribution in [-0.2, 0) is 6.18 Å². The molecule has 0 heterocycles. The second kappa shape index (κ2) is 5.36. The molecule has 2 N–H and O–H groups in total. The second-order valence-electron chi connectivity index (χ2n) is 3.59. The first kappa shape index (κ1) is 15.1. The average molecular weight is 292 g/mol. The molecule has 0 spiro atoms. The van der Waals surface area contributed by atoms with Crippen LogP contribution in [0.25, 0.3) is 0 Å². The molecule has 0 radical (unpaired) electrons. The van der Waals surface area contributed by atoms with Crippen molar-refractivity contribution in [2.75, 3.05) is 0 Å². The third-order valence-electron chi connectivity index (χ3n) is 2.22. The molecule has 0 aliphatic heterocycles. The number of hydrogen-bond acceptors (Lipinski definition) is 1. The Balaban J connectivity index is 3.22. The van der Waals surface area contributed by atoms with Crippen molar-refractivity contribution in [1.29, 1.82) is 0 Å². The van der Waals surface area contributed by atoms with Crippen LogP contribution in [-0.4, -0.2) is 6.43 Å². The summed E-state index contributed by atoms with van der Waals surface area (Å²) in [6, 6.07) is -0.770. The van der Waals surface area contributed by atoms with Crippen molar-refractivity contribution in [3.63, 3.8) is 0 Å². The second-order valence-corrected chi connectivity index (χ2v) is 4.00. The van der Waals surface area contributed by atoms with Crippen LogP contribution in [0.4, 0.5) is 26.3 Å². The van der Waals surface area contributed by atoms with Crippen molar-refractivity contribution < 1.29 is 26.3 Å². The van der Waals surface area contributed by atoms with Gasteiger partial charge in [0.05, 0.1) is 10.6 Å². The quantitative estimate of drug-likeness (QED) is 0.832. The molecule has 8 heteroatoms. The molecule has 1 aromatic carbocycles. The van der Waals surface area contributed by atoms with E-state index in [0.29, 0.717) is 12.1 Å². The van der Waals surface area contributed by atoms with Gasteiger partial charge in [0, 0.05) is 18.0 Å². The van der Waals surface area contributed by atoms with Crippen molar-refractivity contribution in [2.24, 2.45) is 5.73 Å². The van der Waals surface area contributed by atoms with Crippen molar-refractivity contribution in [3.05, 3.63) is 34.1 Å². The molecule has 0 amide bonds. The van der Waals surface area contributed by atoms with Gasteiger partial charge in [0.2, 0.25) is 6.43 Å². The van der Waals surface area contributed by atoms with E-state index in [1.807, 2.05) is 0 Å². The summed E-state index contributed by atoms with van der Waals surface area (Å²) in [5, 5.41) is -0.801. The minimum atomic E-state index is -4.75. The highest BCUT2D eigenvalue weighted by Gasteiger charge is 2.33. The first-order chi connectivity index (χ1) is 8.12. The lowest BCUT2D eigenvalue weighted by atomic mass is 10.0. The lowest BCUT2D eigenvalue weighted by Crippen LogP contribution is -2.17. The molecular weight excluding hydrogens is 284 g/mol. The van der Waals surface area contributed by atoms with Crippen molar-refractivity contribution in [2.45, 2.75) is 25.1 Å². The standard InChI is InChI=1S/C10H8ClF6N/c11-6-2-4(10(15,16)17)1-5(9(6)14)7(18)3-8(12)13/h1-2,7-8H,3,18H2/t7-/m0/s1. The minimum Gasteiger partial charge on any atom is -0.324 e. The van der Waals surface area contributed by atoms with Crippen LogP contribution in [0.5, 0.6) is 0 Å². The molecule has 1 atom stereocenters. The molecule has 0 unspecified atom stereocenters. The molecule has 1 nitrogen and oxygen atoms in total. The van der Waals surface area contributed by atoms with Crippen molar-refractivity contribution in [1.82, 2.24) is 0 Å². The van der Waals surface area contributed by atoms with E-state index in [1.54, 1.807) is 0 Å². The molecule has 0 saturated heterocycles. The molecule has 0 saturated carbocycles. The topological polar surface area (TPSA) is 26.0 Å².